The van der Waals surface area contributed by atoms with Crippen LogP contribution >= 0.6 is 11.8 Å². The number of thioether (sulfide) groups is 1. The van der Waals surface area contributed by atoms with Gasteiger partial charge in [-0.15, -0.1) is 0 Å². The summed E-state index contributed by atoms with van der Waals surface area (Å²) in [6, 6.07) is 9.41. The molecule has 76 valence electrons. The van der Waals surface area contributed by atoms with E-state index in [4.69, 9.17) is 0 Å². The van der Waals surface area contributed by atoms with E-state index >= 15 is 0 Å². The van der Waals surface area contributed by atoms with Crippen molar-refractivity contribution in [3.8, 4) is 0 Å². The van der Waals surface area contributed by atoms with Crippen LogP contribution in [0, 0.1) is 0 Å². The predicted molar refractivity (Wildman–Crippen MR) is 59.1 cm³/mol. The number of carbonyl (C=O) groups excluding carboxylic acids is 2. The van der Waals surface area contributed by atoms with Crippen LogP contribution in [0.3, 0.4) is 0 Å². The van der Waals surface area contributed by atoms with Gasteiger partial charge in [0.05, 0.1) is 11.4 Å². The average molecular weight is 219 g/mol. The van der Waals surface area contributed by atoms with Gasteiger partial charge in [-0.05, 0) is 17.3 Å². The van der Waals surface area contributed by atoms with Crippen molar-refractivity contribution in [1.82, 2.24) is 4.90 Å². The number of carbonyl (C=O) groups is 2. The third-order valence-electron chi connectivity index (χ3n) is 2.10. The number of imide groups is 1. The number of benzene rings is 1. The zero-order valence-electron chi connectivity index (χ0n) is 7.97. The normalized spacial score (nSPS) is 16.3. The van der Waals surface area contributed by atoms with Gasteiger partial charge in [0.1, 0.15) is 0 Å². The number of amides is 2. The van der Waals surface area contributed by atoms with Crippen LogP contribution in [-0.2, 0) is 11.3 Å². The highest BCUT2D eigenvalue weighted by atomic mass is 32.2. The van der Waals surface area contributed by atoms with Gasteiger partial charge in [0.2, 0.25) is 0 Å². The Bertz CT molecular complexity index is 427. The first-order valence-electron chi connectivity index (χ1n) is 4.45. The third-order valence-corrected chi connectivity index (χ3v) is 2.91. The molecule has 1 aromatic carbocycles. The molecule has 4 heteroatoms. The maximum absolute atomic E-state index is 11.5. The molecule has 1 aliphatic rings. The largest absolute Gasteiger partial charge is 0.293 e. The molecule has 1 heterocycles. The van der Waals surface area contributed by atoms with Crippen LogP contribution in [0.1, 0.15) is 5.56 Å². The van der Waals surface area contributed by atoms with E-state index in [2.05, 4.69) is 6.58 Å². The summed E-state index contributed by atoms with van der Waals surface area (Å²) >= 11 is 0.899. The maximum atomic E-state index is 11.5. The predicted octanol–water partition coefficient (Wildman–Crippen LogP) is 2.40. The third kappa shape index (κ3) is 1.94. The Morgan fingerprint density at radius 2 is 1.87 bits per heavy atom. The summed E-state index contributed by atoms with van der Waals surface area (Å²) in [5.74, 6) is -0.283. The molecule has 0 atom stereocenters. The number of hydrogen-bond donors (Lipinski definition) is 0. The number of hydrogen-bond acceptors (Lipinski definition) is 3. The molecule has 0 radical (unpaired) electrons. The maximum Gasteiger partial charge on any atom is 0.293 e. The Hall–Kier alpha value is -1.55. The van der Waals surface area contributed by atoms with Crippen molar-refractivity contribution in [2.45, 2.75) is 6.54 Å². The molecule has 1 aliphatic heterocycles. The molecule has 0 N–H and O–H groups in total. The van der Waals surface area contributed by atoms with Crippen molar-refractivity contribution in [2.75, 3.05) is 0 Å². The fourth-order valence-corrected chi connectivity index (χ4v) is 2.01. The summed E-state index contributed by atoms with van der Waals surface area (Å²) in [4.78, 5) is 24.4. The van der Waals surface area contributed by atoms with Gasteiger partial charge >= 0.3 is 0 Å². The summed E-state index contributed by atoms with van der Waals surface area (Å²) in [7, 11) is 0. The highest BCUT2D eigenvalue weighted by Crippen LogP contribution is 2.29. The van der Waals surface area contributed by atoms with Crippen LogP contribution in [0.2, 0.25) is 0 Å². The van der Waals surface area contributed by atoms with Gasteiger partial charge in [-0.2, -0.15) is 0 Å². The van der Waals surface area contributed by atoms with Crippen molar-refractivity contribution in [3.63, 3.8) is 0 Å². The fraction of sp³-hybridized carbons (Fsp3) is 0.0909. The van der Waals surface area contributed by atoms with Crippen LogP contribution in [0.4, 0.5) is 4.79 Å². The van der Waals surface area contributed by atoms with Gasteiger partial charge in [0.15, 0.2) is 0 Å². The molecule has 1 saturated heterocycles. The van der Waals surface area contributed by atoms with Crippen molar-refractivity contribution >= 4 is 22.9 Å². The standard InChI is InChI=1S/C11H9NO2S/c1-8-10(13)12(11(14)15-8)7-9-5-3-2-4-6-9/h2-6H,1,7H2. The van der Waals surface area contributed by atoms with Crippen molar-refractivity contribution in [3.05, 3.63) is 47.4 Å². The summed E-state index contributed by atoms with van der Waals surface area (Å²) in [6.45, 7) is 3.85. The van der Waals surface area contributed by atoms with E-state index in [0.717, 1.165) is 17.3 Å². The van der Waals surface area contributed by atoms with Gasteiger partial charge < -0.3 is 0 Å². The van der Waals surface area contributed by atoms with Gasteiger partial charge in [0.25, 0.3) is 11.1 Å². The van der Waals surface area contributed by atoms with Crippen LogP contribution in [0.25, 0.3) is 0 Å². The average Bonchev–Trinajstić information content (AvgIpc) is 2.47. The first kappa shape index (κ1) is 9.98. The molecule has 2 rings (SSSR count). The van der Waals surface area contributed by atoms with Crippen molar-refractivity contribution in [1.29, 1.82) is 0 Å². The van der Waals surface area contributed by atoms with Crippen LogP contribution < -0.4 is 0 Å². The van der Waals surface area contributed by atoms with Crippen LogP contribution in [-0.4, -0.2) is 16.0 Å². The molecular formula is C11H9NO2S. The van der Waals surface area contributed by atoms with E-state index in [0.29, 0.717) is 11.4 Å². The van der Waals surface area contributed by atoms with E-state index < -0.39 is 0 Å². The Balaban J connectivity index is 2.16. The minimum atomic E-state index is -0.283. The monoisotopic (exact) mass is 219 g/mol. The Morgan fingerprint density at radius 3 is 2.40 bits per heavy atom. The van der Waals surface area contributed by atoms with E-state index in [-0.39, 0.29) is 11.1 Å². The molecule has 0 aliphatic carbocycles. The lowest BCUT2D eigenvalue weighted by atomic mass is 10.2. The lowest BCUT2D eigenvalue weighted by Gasteiger charge is -2.11. The van der Waals surface area contributed by atoms with Crippen LogP contribution in [0.15, 0.2) is 41.8 Å². The molecule has 0 unspecified atom stereocenters. The minimum absolute atomic E-state index is 0.242. The van der Waals surface area contributed by atoms with E-state index in [1.165, 1.54) is 4.90 Å². The van der Waals surface area contributed by atoms with E-state index in [1.54, 1.807) is 0 Å². The highest BCUT2D eigenvalue weighted by molar-refractivity contribution is 8.18. The lowest BCUT2D eigenvalue weighted by molar-refractivity contribution is -0.123. The zero-order valence-corrected chi connectivity index (χ0v) is 8.79. The quantitative estimate of drug-likeness (QED) is 0.717. The summed E-state index contributed by atoms with van der Waals surface area (Å²) < 4.78 is 0. The summed E-state index contributed by atoms with van der Waals surface area (Å²) in [5, 5.41) is -0.242. The second-order valence-corrected chi connectivity index (χ2v) is 4.21. The van der Waals surface area contributed by atoms with Gasteiger partial charge in [-0.25, -0.2) is 0 Å². The fourth-order valence-electron chi connectivity index (χ4n) is 1.34. The molecule has 0 bridgehead atoms. The number of rotatable bonds is 2. The Labute approximate surface area is 91.8 Å². The summed E-state index contributed by atoms with van der Waals surface area (Å²) in [6.07, 6.45) is 0. The highest BCUT2D eigenvalue weighted by Gasteiger charge is 2.33. The molecule has 0 aromatic heterocycles. The molecular weight excluding hydrogens is 210 g/mol. The van der Waals surface area contributed by atoms with Gasteiger partial charge in [-0.1, -0.05) is 36.9 Å². The summed E-state index contributed by atoms with van der Waals surface area (Å²) in [5.41, 5.74) is 0.939. The topological polar surface area (TPSA) is 37.4 Å². The lowest BCUT2D eigenvalue weighted by Crippen LogP contribution is -2.27. The number of nitrogens with zero attached hydrogens (tertiary/aromatic N) is 1. The molecule has 1 aromatic rings. The van der Waals surface area contributed by atoms with Gasteiger partial charge in [0, 0.05) is 0 Å². The first-order chi connectivity index (χ1) is 7.18. The van der Waals surface area contributed by atoms with Crippen LogP contribution in [0.5, 0.6) is 0 Å². The molecule has 2 amide bonds. The van der Waals surface area contributed by atoms with E-state index in [1.807, 2.05) is 30.3 Å². The Kier molecular flexibility index (Phi) is 2.60. The minimum Gasteiger partial charge on any atom is -0.268 e. The van der Waals surface area contributed by atoms with Gasteiger partial charge in [-0.3, -0.25) is 14.5 Å². The zero-order chi connectivity index (χ0) is 10.8. The Morgan fingerprint density at radius 1 is 1.20 bits per heavy atom. The van der Waals surface area contributed by atoms with Crippen molar-refractivity contribution < 1.29 is 9.59 Å². The molecule has 0 spiro atoms. The second-order valence-electron chi connectivity index (χ2n) is 3.17. The van der Waals surface area contributed by atoms with E-state index in [9.17, 15) is 9.59 Å². The molecule has 0 saturated carbocycles. The second kappa shape index (κ2) is 3.90. The smallest absolute Gasteiger partial charge is 0.268 e. The molecule has 15 heavy (non-hydrogen) atoms. The SMILES string of the molecule is C=C1SC(=O)N(Cc2ccccc2)C1=O. The molecule has 1 fully saturated rings. The first-order valence-corrected chi connectivity index (χ1v) is 5.26. The molecule has 3 nitrogen and oxygen atoms in total. The van der Waals surface area contributed by atoms with Crippen molar-refractivity contribution in [2.24, 2.45) is 0 Å².